The van der Waals surface area contributed by atoms with Gasteiger partial charge < -0.3 is 9.47 Å². The average Bonchev–Trinajstić information content (AvgIpc) is 3.40. The standard InChI is InChI=1S/C31H24F3N3O5S/c1-19-10-12-24(42-18-28(39)41-14-6-9-20-7-4-3-5-8-20)22(15-19)29-23-16-21(11-13-25(23)43-35-29)37-27(38)17-26(31(32,33)34)36(2)30(37)40/h3-13,15-17H,14,18H2,1-2H3. The molecule has 0 spiro atoms. The third-order valence-corrected chi connectivity index (χ3v) is 7.34. The van der Waals surface area contributed by atoms with E-state index in [-0.39, 0.29) is 18.9 Å². The summed E-state index contributed by atoms with van der Waals surface area (Å²) in [5.74, 6) is -0.227. The second kappa shape index (κ2) is 12.1. The molecule has 220 valence electrons. The summed E-state index contributed by atoms with van der Waals surface area (Å²) in [6.45, 7) is 1.58. The van der Waals surface area contributed by atoms with Crippen molar-refractivity contribution in [2.45, 2.75) is 13.1 Å². The van der Waals surface area contributed by atoms with Gasteiger partial charge in [-0.25, -0.2) is 14.2 Å². The van der Waals surface area contributed by atoms with E-state index >= 15 is 0 Å². The van der Waals surface area contributed by atoms with Crippen molar-refractivity contribution in [3.05, 3.63) is 117 Å². The lowest BCUT2D eigenvalue weighted by atomic mass is 10.0. The zero-order valence-corrected chi connectivity index (χ0v) is 23.7. The maximum atomic E-state index is 13.3. The first-order chi connectivity index (χ1) is 20.5. The van der Waals surface area contributed by atoms with Gasteiger partial charge >= 0.3 is 17.8 Å². The zero-order valence-electron chi connectivity index (χ0n) is 22.9. The average molecular weight is 608 g/mol. The normalized spacial score (nSPS) is 11.7. The van der Waals surface area contributed by atoms with Crippen LogP contribution in [0.3, 0.4) is 0 Å². The highest BCUT2D eigenvalue weighted by Gasteiger charge is 2.35. The number of alkyl halides is 3. The molecule has 2 aromatic heterocycles. The molecular weight excluding hydrogens is 583 g/mol. The first kappa shape index (κ1) is 29.5. The molecular formula is C31H24F3N3O5S. The quantitative estimate of drug-likeness (QED) is 0.208. The largest absolute Gasteiger partial charge is 0.481 e. The van der Waals surface area contributed by atoms with Crippen molar-refractivity contribution >= 4 is 33.7 Å². The van der Waals surface area contributed by atoms with E-state index in [1.807, 2.05) is 49.4 Å². The summed E-state index contributed by atoms with van der Waals surface area (Å²) < 4.78 is 57.3. The smallest absolute Gasteiger partial charge is 0.431 e. The van der Waals surface area contributed by atoms with Crippen LogP contribution in [0.15, 0.2) is 88.5 Å². The molecule has 0 saturated heterocycles. The van der Waals surface area contributed by atoms with Crippen LogP contribution in [0.1, 0.15) is 16.8 Å². The third kappa shape index (κ3) is 6.44. The highest BCUT2D eigenvalue weighted by molar-refractivity contribution is 7.13. The Morgan fingerprint density at radius 2 is 1.79 bits per heavy atom. The monoisotopic (exact) mass is 607 g/mol. The number of ether oxygens (including phenoxy) is 2. The van der Waals surface area contributed by atoms with E-state index in [0.29, 0.717) is 42.3 Å². The fourth-order valence-corrected chi connectivity index (χ4v) is 5.19. The molecule has 0 amide bonds. The topological polar surface area (TPSA) is 92.4 Å². The summed E-state index contributed by atoms with van der Waals surface area (Å²) in [6, 6.07) is 19.9. The van der Waals surface area contributed by atoms with E-state index in [9.17, 15) is 27.6 Å². The Morgan fingerprint density at radius 1 is 1.02 bits per heavy atom. The van der Waals surface area contributed by atoms with Gasteiger partial charge in [0, 0.05) is 24.1 Å². The number of aryl methyl sites for hydroxylation is 1. The van der Waals surface area contributed by atoms with Gasteiger partial charge in [0.05, 0.1) is 16.1 Å². The first-order valence-corrected chi connectivity index (χ1v) is 13.7. The van der Waals surface area contributed by atoms with Crippen LogP contribution in [-0.2, 0) is 22.8 Å². The molecule has 0 unspecified atom stereocenters. The second-order valence-electron chi connectivity index (χ2n) is 9.54. The number of hydrogen-bond donors (Lipinski definition) is 0. The summed E-state index contributed by atoms with van der Waals surface area (Å²) in [6.07, 6.45) is -1.31. The van der Waals surface area contributed by atoms with Gasteiger partial charge in [0.25, 0.3) is 5.56 Å². The van der Waals surface area contributed by atoms with Crippen LogP contribution in [-0.4, -0.2) is 32.7 Å². The third-order valence-electron chi connectivity index (χ3n) is 6.51. The van der Waals surface area contributed by atoms with E-state index in [2.05, 4.69) is 4.37 Å². The molecule has 0 radical (unpaired) electrons. The van der Waals surface area contributed by atoms with Crippen LogP contribution in [0.5, 0.6) is 5.75 Å². The van der Waals surface area contributed by atoms with E-state index < -0.39 is 29.1 Å². The molecule has 5 aromatic rings. The van der Waals surface area contributed by atoms with Gasteiger partial charge in [0.2, 0.25) is 0 Å². The summed E-state index contributed by atoms with van der Waals surface area (Å²) >= 11 is 1.16. The number of aromatic nitrogens is 3. The lowest BCUT2D eigenvalue weighted by Gasteiger charge is -2.14. The number of carbonyl (C=O) groups is 1. The van der Waals surface area contributed by atoms with Crippen LogP contribution >= 0.6 is 11.5 Å². The van der Waals surface area contributed by atoms with Gasteiger partial charge in [-0.05, 0) is 60.4 Å². The number of carbonyl (C=O) groups excluding carboxylic acids is 1. The van der Waals surface area contributed by atoms with E-state index in [4.69, 9.17) is 9.47 Å². The fourth-order valence-electron chi connectivity index (χ4n) is 4.42. The Morgan fingerprint density at radius 3 is 2.53 bits per heavy atom. The predicted molar refractivity (Wildman–Crippen MR) is 158 cm³/mol. The number of rotatable bonds is 8. The van der Waals surface area contributed by atoms with Crippen LogP contribution < -0.4 is 16.0 Å². The van der Waals surface area contributed by atoms with Gasteiger partial charge in [0.1, 0.15) is 18.1 Å². The highest BCUT2D eigenvalue weighted by Crippen LogP contribution is 2.37. The van der Waals surface area contributed by atoms with Crippen molar-refractivity contribution in [3.8, 4) is 22.7 Å². The Balaban J connectivity index is 1.42. The van der Waals surface area contributed by atoms with Crippen LogP contribution in [0.25, 0.3) is 33.1 Å². The summed E-state index contributed by atoms with van der Waals surface area (Å²) in [7, 11) is 0.956. The zero-order chi connectivity index (χ0) is 30.7. The minimum Gasteiger partial charge on any atom is -0.481 e. The molecule has 8 nitrogen and oxygen atoms in total. The lowest BCUT2D eigenvalue weighted by Crippen LogP contribution is -2.40. The molecule has 0 bridgehead atoms. The Bertz CT molecular complexity index is 1960. The molecule has 2 heterocycles. The maximum Gasteiger partial charge on any atom is 0.431 e. The van der Waals surface area contributed by atoms with Gasteiger partial charge in [0.15, 0.2) is 6.61 Å². The molecule has 0 atom stereocenters. The van der Waals surface area contributed by atoms with E-state index in [1.165, 1.54) is 12.1 Å². The highest BCUT2D eigenvalue weighted by atomic mass is 32.1. The van der Waals surface area contributed by atoms with Crippen LogP contribution in [0.4, 0.5) is 13.2 Å². The molecule has 5 rings (SSSR count). The number of hydrogen-bond acceptors (Lipinski definition) is 7. The van der Waals surface area contributed by atoms with Gasteiger partial charge in [-0.1, -0.05) is 48.0 Å². The van der Waals surface area contributed by atoms with Crippen molar-refractivity contribution in [2.75, 3.05) is 13.2 Å². The number of benzene rings is 3. The second-order valence-corrected chi connectivity index (χ2v) is 10.3. The van der Waals surface area contributed by atoms with E-state index in [1.54, 1.807) is 24.3 Å². The Labute approximate surface area is 247 Å². The summed E-state index contributed by atoms with van der Waals surface area (Å²) in [5, 5.41) is 0.542. The molecule has 0 fully saturated rings. The van der Waals surface area contributed by atoms with Crippen molar-refractivity contribution < 1.29 is 27.4 Å². The lowest BCUT2D eigenvalue weighted by molar-refractivity contribution is -0.145. The molecule has 43 heavy (non-hydrogen) atoms. The first-order valence-electron chi connectivity index (χ1n) is 12.9. The Hall–Kier alpha value is -4.97. The fraction of sp³-hybridized carbons (Fsp3) is 0.161. The minimum absolute atomic E-state index is 0.0696. The van der Waals surface area contributed by atoms with Crippen molar-refractivity contribution in [1.29, 1.82) is 0 Å². The number of esters is 1. The molecule has 0 aliphatic heterocycles. The van der Waals surface area contributed by atoms with E-state index in [0.717, 1.165) is 29.7 Å². The molecule has 0 aliphatic carbocycles. The van der Waals surface area contributed by atoms with Crippen molar-refractivity contribution in [3.63, 3.8) is 0 Å². The van der Waals surface area contributed by atoms with Crippen LogP contribution in [0, 0.1) is 6.92 Å². The van der Waals surface area contributed by atoms with Gasteiger partial charge in [-0.2, -0.15) is 17.5 Å². The minimum atomic E-state index is -4.87. The van der Waals surface area contributed by atoms with Crippen LogP contribution in [0.2, 0.25) is 0 Å². The number of nitrogens with zero attached hydrogens (tertiary/aromatic N) is 3. The molecule has 0 aliphatic rings. The van der Waals surface area contributed by atoms with Crippen molar-refractivity contribution in [2.24, 2.45) is 7.05 Å². The number of fused-ring (bicyclic) bond motifs is 1. The maximum absolute atomic E-state index is 13.3. The molecule has 0 saturated carbocycles. The van der Waals surface area contributed by atoms with Gasteiger partial charge in [-0.15, -0.1) is 0 Å². The number of halogens is 3. The van der Waals surface area contributed by atoms with Crippen molar-refractivity contribution in [1.82, 2.24) is 13.5 Å². The molecule has 12 heteroatoms. The summed E-state index contributed by atoms with van der Waals surface area (Å²) in [4.78, 5) is 37.9. The Kier molecular flexibility index (Phi) is 8.31. The molecule has 3 aromatic carbocycles. The SMILES string of the molecule is Cc1ccc(OCC(=O)OCC=Cc2ccccc2)c(-c2nsc3ccc(-n4c(=O)cc(C(F)(F)F)n(C)c4=O)cc23)c1. The van der Waals surface area contributed by atoms with Gasteiger partial charge in [-0.3, -0.25) is 9.36 Å². The predicted octanol–water partition coefficient (Wildman–Crippen LogP) is 5.78. The molecule has 0 N–H and O–H groups in total. The summed E-state index contributed by atoms with van der Waals surface area (Å²) in [5.41, 5.74) is -0.663.